The number of anilines is 2. The second-order valence-corrected chi connectivity index (χ2v) is 9.78. The van der Waals surface area contributed by atoms with Gasteiger partial charge in [-0.15, -0.1) is 0 Å². The Morgan fingerprint density at radius 2 is 1.61 bits per heavy atom. The van der Waals surface area contributed by atoms with E-state index in [4.69, 9.17) is 10.5 Å². The van der Waals surface area contributed by atoms with Crippen molar-refractivity contribution in [1.82, 2.24) is 19.8 Å². The van der Waals surface area contributed by atoms with Crippen molar-refractivity contribution in [2.45, 2.75) is 38.5 Å². The predicted octanol–water partition coefficient (Wildman–Crippen LogP) is 3.95. The summed E-state index contributed by atoms with van der Waals surface area (Å²) in [7, 11) is 0. The average Bonchev–Trinajstić information content (AvgIpc) is 3.12. The Labute approximate surface area is 212 Å². The lowest BCUT2D eigenvalue weighted by molar-refractivity contribution is 0.0968. The third-order valence-electron chi connectivity index (χ3n) is 7.04. The van der Waals surface area contributed by atoms with Crippen molar-refractivity contribution in [3.05, 3.63) is 77.9 Å². The molecule has 0 atom stereocenters. The van der Waals surface area contributed by atoms with E-state index in [1.165, 1.54) is 23.4 Å². The van der Waals surface area contributed by atoms with Crippen LogP contribution in [0.25, 0.3) is 0 Å². The first-order valence-corrected chi connectivity index (χ1v) is 12.9. The first kappa shape index (κ1) is 24.5. The zero-order valence-corrected chi connectivity index (χ0v) is 20.7. The molecule has 0 saturated carbocycles. The van der Waals surface area contributed by atoms with Gasteiger partial charge in [0.2, 0.25) is 0 Å². The average molecular weight is 491 g/mol. The number of nitrogens with zero attached hydrogens (tertiary/aromatic N) is 5. The van der Waals surface area contributed by atoms with Crippen LogP contribution in [-0.4, -0.2) is 65.1 Å². The minimum absolute atomic E-state index is 0.256. The Kier molecular flexibility index (Phi) is 7.93. The van der Waals surface area contributed by atoms with Crippen LogP contribution in [0.3, 0.4) is 0 Å². The quantitative estimate of drug-likeness (QED) is 0.538. The number of rotatable bonds is 7. The molecule has 0 unspecified atom stereocenters. The highest BCUT2D eigenvalue weighted by Gasteiger charge is 2.21. The zero-order chi connectivity index (χ0) is 24.7. The van der Waals surface area contributed by atoms with Crippen molar-refractivity contribution in [1.29, 1.82) is 0 Å². The number of hydrogen-bond acceptors (Lipinski definition) is 7. The van der Waals surface area contributed by atoms with Gasteiger partial charge in [0, 0.05) is 58.6 Å². The zero-order valence-electron chi connectivity index (χ0n) is 20.7. The number of ether oxygens (including phenoxy) is 1. The molecule has 4 heterocycles. The summed E-state index contributed by atoms with van der Waals surface area (Å²) in [5, 5.41) is 0. The number of nitrogen functional groups attached to an aromatic ring is 1. The maximum Gasteiger partial charge on any atom is 0.141 e. The Morgan fingerprint density at radius 3 is 2.36 bits per heavy atom. The minimum atomic E-state index is -0.292. The van der Waals surface area contributed by atoms with E-state index in [2.05, 4.69) is 48.9 Å². The Hall–Kier alpha value is -3.23. The molecule has 2 fully saturated rings. The van der Waals surface area contributed by atoms with Gasteiger partial charge < -0.3 is 15.4 Å². The van der Waals surface area contributed by atoms with Crippen molar-refractivity contribution in [3.63, 3.8) is 0 Å². The highest BCUT2D eigenvalue weighted by molar-refractivity contribution is 5.38. The van der Waals surface area contributed by atoms with E-state index in [-0.39, 0.29) is 11.9 Å². The number of halogens is 1. The number of hydrogen-bond donors (Lipinski definition) is 1. The van der Waals surface area contributed by atoms with Crippen molar-refractivity contribution in [2.24, 2.45) is 0 Å². The van der Waals surface area contributed by atoms with Gasteiger partial charge in [-0.25, -0.2) is 14.4 Å². The van der Waals surface area contributed by atoms with Crippen LogP contribution in [0.4, 0.5) is 16.0 Å². The molecule has 0 bridgehead atoms. The predicted molar refractivity (Wildman–Crippen MR) is 140 cm³/mol. The highest BCUT2D eigenvalue weighted by atomic mass is 19.1. The van der Waals surface area contributed by atoms with Crippen LogP contribution < -0.4 is 15.4 Å². The van der Waals surface area contributed by atoms with E-state index in [1.807, 2.05) is 12.1 Å². The van der Waals surface area contributed by atoms with Crippen LogP contribution in [0, 0.1) is 5.82 Å². The normalized spacial score (nSPS) is 18.2. The number of benzene rings is 1. The van der Waals surface area contributed by atoms with Gasteiger partial charge in [-0.1, -0.05) is 12.1 Å². The third kappa shape index (κ3) is 6.71. The summed E-state index contributed by atoms with van der Waals surface area (Å²) in [6, 6.07) is 15.8. The number of aromatic nitrogens is 2. The molecule has 7 nitrogen and oxygen atoms in total. The van der Waals surface area contributed by atoms with Gasteiger partial charge in [-0.3, -0.25) is 9.80 Å². The van der Waals surface area contributed by atoms with Crippen LogP contribution in [0.1, 0.15) is 30.4 Å². The van der Waals surface area contributed by atoms with Gasteiger partial charge >= 0.3 is 0 Å². The number of piperidine rings is 1. The molecule has 0 radical (unpaired) electrons. The SMILES string of the molecule is Nc1cc(CN2CCC(Oc3ccc(CN4CCCN(c5ccc(F)cn5)CC4)cc3)CC2)ccn1. The molecule has 2 saturated heterocycles. The van der Waals surface area contributed by atoms with Gasteiger partial charge in [-0.2, -0.15) is 0 Å². The Bertz CT molecular complexity index is 1100. The maximum absolute atomic E-state index is 13.2. The molecule has 0 aliphatic carbocycles. The lowest BCUT2D eigenvalue weighted by Gasteiger charge is -2.32. The minimum Gasteiger partial charge on any atom is -0.490 e. The van der Waals surface area contributed by atoms with E-state index in [9.17, 15) is 4.39 Å². The lowest BCUT2D eigenvalue weighted by Crippen LogP contribution is -2.37. The highest BCUT2D eigenvalue weighted by Crippen LogP contribution is 2.22. The summed E-state index contributed by atoms with van der Waals surface area (Å²) in [6.45, 7) is 7.70. The van der Waals surface area contributed by atoms with Gasteiger partial charge in [0.1, 0.15) is 29.3 Å². The van der Waals surface area contributed by atoms with E-state index in [0.717, 1.165) is 83.2 Å². The topological polar surface area (TPSA) is 70.8 Å². The summed E-state index contributed by atoms with van der Waals surface area (Å²) < 4.78 is 19.5. The standard InChI is InChI=1S/C28H35FN6O/c29-24-4-7-28(32-19-24)35-13-1-12-33(16-17-35)20-22-2-5-25(6-3-22)36-26-9-14-34(15-10-26)21-23-8-11-31-27(30)18-23/h2-8,11,18-19,26H,1,9-10,12-17,20-21H2,(H2,30,31). The number of pyridine rings is 2. The van der Waals surface area contributed by atoms with Crippen LogP contribution in [0.15, 0.2) is 60.9 Å². The van der Waals surface area contributed by atoms with Crippen LogP contribution in [0.2, 0.25) is 0 Å². The monoisotopic (exact) mass is 490 g/mol. The van der Waals surface area contributed by atoms with Crippen molar-refractivity contribution < 1.29 is 9.13 Å². The second kappa shape index (κ2) is 11.7. The molecule has 5 rings (SSSR count). The first-order chi connectivity index (χ1) is 17.6. The number of nitrogens with two attached hydrogens (primary N) is 1. The molecule has 3 aromatic rings. The molecule has 190 valence electrons. The van der Waals surface area contributed by atoms with Gasteiger partial charge in [0.25, 0.3) is 0 Å². The molecule has 0 spiro atoms. The fourth-order valence-electron chi connectivity index (χ4n) is 5.07. The molecule has 2 aliphatic rings. The van der Waals surface area contributed by atoms with E-state index < -0.39 is 0 Å². The first-order valence-electron chi connectivity index (χ1n) is 12.9. The van der Waals surface area contributed by atoms with E-state index in [0.29, 0.717) is 5.82 Å². The molecule has 0 amide bonds. The van der Waals surface area contributed by atoms with Crippen molar-refractivity contribution in [2.75, 3.05) is 49.9 Å². The van der Waals surface area contributed by atoms with Gasteiger partial charge in [-0.05, 0) is 66.8 Å². The summed E-state index contributed by atoms with van der Waals surface area (Å²) in [4.78, 5) is 15.5. The molecular weight excluding hydrogens is 455 g/mol. The second-order valence-electron chi connectivity index (χ2n) is 9.78. The molecule has 36 heavy (non-hydrogen) atoms. The molecular formula is C28H35FN6O. The van der Waals surface area contributed by atoms with Crippen molar-refractivity contribution in [3.8, 4) is 5.75 Å². The maximum atomic E-state index is 13.2. The van der Waals surface area contributed by atoms with Crippen LogP contribution in [-0.2, 0) is 13.1 Å². The molecule has 8 heteroatoms. The summed E-state index contributed by atoms with van der Waals surface area (Å²) in [6.07, 6.45) is 6.44. The molecule has 2 aliphatic heterocycles. The van der Waals surface area contributed by atoms with Crippen molar-refractivity contribution >= 4 is 11.6 Å². The van der Waals surface area contributed by atoms with Crippen LogP contribution >= 0.6 is 0 Å². The largest absolute Gasteiger partial charge is 0.490 e. The molecule has 2 N–H and O–H groups in total. The smallest absolute Gasteiger partial charge is 0.141 e. The third-order valence-corrected chi connectivity index (χ3v) is 7.04. The summed E-state index contributed by atoms with van der Waals surface area (Å²) in [5.74, 6) is 2.09. The fourth-order valence-corrected chi connectivity index (χ4v) is 5.07. The molecule has 1 aromatic carbocycles. The summed E-state index contributed by atoms with van der Waals surface area (Å²) in [5.41, 5.74) is 8.31. The fraction of sp³-hybridized carbons (Fsp3) is 0.429. The summed E-state index contributed by atoms with van der Waals surface area (Å²) >= 11 is 0. The Morgan fingerprint density at radius 1 is 0.833 bits per heavy atom. The van der Waals surface area contributed by atoms with E-state index in [1.54, 1.807) is 12.3 Å². The Balaban J connectivity index is 1.06. The van der Waals surface area contributed by atoms with Crippen LogP contribution in [0.5, 0.6) is 5.75 Å². The molecule has 2 aromatic heterocycles. The van der Waals surface area contributed by atoms with E-state index >= 15 is 0 Å². The van der Waals surface area contributed by atoms with Gasteiger partial charge in [0.15, 0.2) is 0 Å². The number of likely N-dealkylation sites (tertiary alicyclic amines) is 1. The van der Waals surface area contributed by atoms with Gasteiger partial charge in [0.05, 0.1) is 6.20 Å². The lowest BCUT2D eigenvalue weighted by atomic mass is 10.1.